The molecule has 0 radical (unpaired) electrons. The van der Waals surface area contributed by atoms with Gasteiger partial charge in [0.15, 0.2) is 0 Å². The van der Waals surface area contributed by atoms with Crippen molar-refractivity contribution in [3.8, 4) is 16.8 Å². The molecule has 2 nitrogen and oxygen atoms in total. The Morgan fingerprint density at radius 1 is 0.600 bits per heavy atom. The lowest BCUT2D eigenvalue weighted by Crippen LogP contribution is -2.14. The third-order valence-electron chi connectivity index (χ3n) is 10.4. The first-order valence-corrected chi connectivity index (χ1v) is 16.4. The molecule has 0 atom stereocenters. The average molecular weight is 585 g/mol. The topological polar surface area (TPSA) is 9.86 Å². The van der Waals surface area contributed by atoms with Crippen LogP contribution >= 0.6 is 0 Å². The summed E-state index contributed by atoms with van der Waals surface area (Å²) in [6.07, 6.45) is 4.39. The van der Waals surface area contributed by atoms with Crippen molar-refractivity contribution in [1.29, 1.82) is 0 Å². The highest BCUT2D eigenvalue weighted by molar-refractivity contribution is 6.14. The second kappa shape index (κ2) is 10.1. The Kier molecular flexibility index (Phi) is 6.22. The minimum absolute atomic E-state index is 0.0515. The third kappa shape index (κ3) is 3.94. The summed E-state index contributed by atoms with van der Waals surface area (Å²) in [6.45, 7) is 13.7. The van der Waals surface area contributed by atoms with Gasteiger partial charge in [0.1, 0.15) is 0 Å². The zero-order valence-corrected chi connectivity index (χ0v) is 27.2. The van der Waals surface area contributed by atoms with Gasteiger partial charge in [0.2, 0.25) is 0 Å². The highest BCUT2D eigenvalue weighted by Gasteiger charge is 2.36. The van der Waals surface area contributed by atoms with Crippen molar-refractivity contribution in [1.82, 2.24) is 9.13 Å². The summed E-state index contributed by atoms with van der Waals surface area (Å²) in [5, 5.41) is 5.19. The summed E-state index contributed by atoms with van der Waals surface area (Å²) in [7, 11) is 0. The molecule has 45 heavy (non-hydrogen) atoms. The Balaban J connectivity index is 1.42. The first-order chi connectivity index (χ1) is 21.8. The van der Waals surface area contributed by atoms with E-state index < -0.39 is 0 Å². The lowest BCUT2D eigenvalue weighted by Gasteiger charge is -2.21. The fourth-order valence-corrected chi connectivity index (χ4v) is 8.00. The maximum absolute atomic E-state index is 2.50. The van der Waals surface area contributed by atoms with Gasteiger partial charge in [0.25, 0.3) is 0 Å². The smallest absolute Gasteiger partial charge is 0.0544 e. The standard InChI is InChI=1S/C43H40N2/c1-7-27(3)23-28(4)38(8-2)45-40-20-14-11-16-31(40)34-24-29(21-22-41(34)45)44-39-19-13-10-17-32(39)35-25-33-30-15-9-12-18-36(30)43(5,6)37(33)26-42(35)44/h9-26H,7-8H2,1-6H3/b27-23-,38-28+. The zero-order valence-electron chi connectivity index (χ0n) is 27.2. The minimum Gasteiger partial charge on any atom is -0.313 e. The summed E-state index contributed by atoms with van der Waals surface area (Å²) >= 11 is 0. The van der Waals surface area contributed by atoms with Crippen LogP contribution < -0.4 is 0 Å². The van der Waals surface area contributed by atoms with E-state index in [0.717, 1.165) is 12.8 Å². The van der Waals surface area contributed by atoms with Crippen molar-refractivity contribution in [2.24, 2.45) is 0 Å². The molecule has 1 aliphatic carbocycles. The monoisotopic (exact) mass is 584 g/mol. The van der Waals surface area contributed by atoms with Gasteiger partial charge >= 0.3 is 0 Å². The van der Waals surface area contributed by atoms with E-state index in [1.165, 1.54) is 88.4 Å². The number of hydrogen-bond acceptors (Lipinski definition) is 0. The molecular formula is C43H40N2. The number of nitrogens with zero attached hydrogens (tertiary/aromatic N) is 2. The molecule has 0 amide bonds. The number of allylic oxidation sites excluding steroid dienone is 4. The van der Waals surface area contributed by atoms with E-state index in [-0.39, 0.29) is 5.41 Å². The highest BCUT2D eigenvalue weighted by Crippen LogP contribution is 2.51. The van der Waals surface area contributed by atoms with Crippen LogP contribution in [0, 0.1) is 0 Å². The van der Waals surface area contributed by atoms with Crippen molar-refractivity contribution in [3.63, 3.8) is 0 Å². The van der Waals surface area contributed by atoms with E-state index in [9.17, 15) is 0 Å². The maximum atomic E-state index is 2.50. The Hall–Kier alpha value is -4.82. The van der Waals surface area contributed by atoms with E-state index in [1.807, 2.05) is 0 Å². The summed E-state index contributed by atoms with van der Waals surface area (Å²) in [5.74, 6) is 0. The molecule has 0 fully saturated rings. The molecule has 0 aliphatic heterocycles. The Bertz CT molecular complexity index is 2380. The van der Waals surface area contributed by atoms with Gasteiger partial charge in [-0.3, -0.25) is 0 Å². The van der Waals surface area contributed by atoms with Crippen molar-refractivity contribution in [2.75, 3.05) is 0 Å². The van der Waals surface area contributed by atoms with Gasteiger partial charge in [0, 0.05) is 38.3 Å². The lowest BCUT2D eigenvalue weighted by molar-refractivity contribution is 0.661. The fourth-order valence-electron chi connectivity index (χ4n) is 8.00. The molecule has 7 aromatic rings. The molecule has 0 saturated carbocycles. The Morgan fingerprint density at radius 2 is 1.24 bits per heavy atom. The van der Waals surface area contributed by atoms with E-state index in [2.05, 4.69) is 160 Å². The Labute approximate surface area is 265 Å². The molecule has 0 saturated heterocycles. The molecule has 5 aromatic carbocycles. The summed E-state index contributed by atoms with van der Waals surface area (Å²) < 4.78 is 4.99. The van der Waals surface area contributed by atoms with Crippen LogP contribution in [0.2, 0.25) is 0 Å². The van der Waals surface area contributed by atoms with Crippen LogP contribution in [0.5, 0.6) is 0 Å². The molecule has 8 rings (SSSR count). The van der Waals surface area contributed by atoms with Crippen LogP contribution in [0.1, 0.15) is 65.5 Å². The number of rotatable bonds is 5. The predicted molar refractivity (Wildman–Crippen MR) is 195 cm³/mol. The second-order valence-corrected chi connectivity index (χ2v) is 13.3. The number of aromatic nitrogens is 2. The Morgan fingerprint density at radius 3 is 2.00 bits per heavy atom. The summed E-state index contributed by atoms with van der Waals surface area (Å²) in [4.78, 5) is 0. The fraction of sp³-hybridized carbons (Fsp3) is 0.209. The maximum Gasteiger partial charge on any atom is 0.0544 e. The molecular weight excluding hydrogens is 544 g/mol. The van der Waals surface area contributed by atoms with Crippen LogP contribution in [-0.2, 0) is 5.41 Å². The van der Waals surface area contributed by atoms with Gasteiger partial charge < -0.3 is 9.13 Å². The number of fused-ring (bicyclic) bond motifs is 9. The van der Waals surface area contributed by atoms with Gasteiger partial charge in [-0.05, 0) is 97.0 Å². The average Bonchev–Trinajstić information content (AvgIpc) is 3.64. The predicted octanol–water partition coefficient (Wildman–Crippen LogP) is 12.2. The van der Waals surface area contributed by atoms with Gasteiger partial charge in [-0.15, -0.1) is 0 Å². The van der Waals surface area contributed by atoms with Crippen molar-refractivity contribution < 1.29 is 0 Å². The van der Waals surface area contributed by atoms with Crippen molar-refractivity contribution in [3.05, 3.63) is 131 Å². The number of para-hydroxylation sites is 2. The van der Waals surface area contributed by atoms with Gasteiger partial charge in [-0.1, -0.05) is 100 Å². The number of hydrogen-bond donors (Lipinski definition) is 0. The third-order valence-corrected chi connectivity index (χ3v) is 10.4. The summed E-state index contributed by atoms with van der Waals surface area (Å²) in [5.41, 5.74) is 15.8. The van der Waals surface area contributed by atoms with Gasteiger partial charge in [-0.2, -0.15) is 0 Å². The quantitative estimate of drug-likeness (QED) is 0.178. The molecule has 2 aromatic heterocycles. The molecule has 2 heterocycles. The van der Waals surface area contributed by atoms with Crippen LogP contribution in [-0.4, -0.2) is 9.13 Å². The summed E-state index contributed by atoms with van der Waals surface area (Å²) in [6, 6.07) is 38.8. The van der Waals surface area contributed by atoms with Crippen LogP contribution in [0.3, 0.4) is 0 Å². The van der Waals surface area contributed by atoms with Crippen LogP contribution in [0.25, 0.3) is 66.1 Å². The van der Waals surface area contributed by atoms with Gasteiger partial charge in [0.05, 0.1) is 22.1 Å². The van der Waals surface area contributed by atoms with Crippen LogP contribution in [0.4, 0.5) is 0 Å². The van der Waals surface area contributed by atoms with E-state index in [0.29, 0.717) is 0 Å². The molecule has 0 spiro atoms. The molecule has 1 aliphatic rings. The first kappa shape index (κ1) is 27.7. The van der Waals surface area contributed by atoms with E-state index >= 15 is 0 Å². The molecule has 0 unspecified atom stereocenters. The van der Waals surface area contributed by atoms with E-state index in [1.54, 1.807) is 0 Å². The first-order valence-electron chi connectivity index (χ1n) is 16.4. The second-order valence-electron chi connectivity index (χ2n) is 13.3. The van der Waals surface area contributed by atoms with E-state index in [4.69, 9.17) is 0 Å². The van der Waals surface area contributed by atoms with Gasteiger partial charge in [-0.25, -0.2) is 0 Å². The molecule has 2 heteroatoms. The molecule has 0 bridgehead atoms. The lowest BCUT2D eigenvalue weighted by atomic mass is 9.82. The highest BCUT2D eigenvalue weighted by atomic mass is 15.0. The minimum atomic E-state index is -0.0515. The largest absolute Gasteiger partial charge is 0.313 e. The van der Waals surface area contributed by atoms with Crippen molar-refractivity contribution in [2.45, 2.75) is 59.8 Å². The van der Waals surface area contributed by atoms with Crippen LogP contribution in [0.15, 0.2) is 120 Å². The zero-order chi connectivity index (χ0) is 31.0. The number of benzene rings is 5. The SMILES string of the molecule is CC/C(C)=C\C(C)=C(/CC)n1c2ccccc2c2cc(-n3c4ccccc4c4cc5c(cc43)C(C)(C)c3ccccc3-5)ccc21. The van der Waals surface area contributed by atoms with Crippen molar-refractivity contribution >= 4 is 49.3 Å². The molecule has 222 valence electrons. The normalized spacial score (nSPS) is 14.8. The molecule has 0 N–H and O–H groups in total.